The summed E-state index contributed by atoms with van der Waals surface area (Å²) in [6, 6.07) is 29.0. The van der Waals surface area contributed by atoms with Crippen LogP contribution in [0.1, 0.15) is 37.0 Å². The molecule has 10 heteroatoms. The predicted octanol–water partition coefficient (Wildman–Crippen LogP) is 5.52. The minimum atomic E-state index is -4.23. The Morgan fingerprint density at radius 1 is 0.830 bits per heavy atom. The molecule has 47 heavy (non-hydrogen) atoms. The molecule has 0 bridgehead atoms. The van der Waals surface area contributed by atoms with Gasteiger partial charge in [0.25, 0.3) is 10.0 Å². The van der Waals surface area contributed by atoms with Gasteiger partial charge in [0.2, 0.25) is 11.8 Å². The Morgan fingerprint density at radius 2 is 1.47 bits per heavy atom. The topological polar surface area (TPSA) is 105 Å². The molecule has 2 atom stereocenters. The summed E-state index contributed by atoms with van der Waals surface area (Å²) < 4.78 is 41.0. The van der Waals surface area contributed by atoms with E-state index in [9.17, 15) is 18.0 Å². The van der Waals surface area contributed by atoms with Crippen LogP contribution in [0.4, 0.5) is 5.69 Å². The Balaban J connectivity index is 1.58. The van der Waals surface area contributed by atoms with E-state index in [0.29, 0.717) is 31.1 Å². The molecule has 5 rings (SSSR count). The summed E-state index contributed by atoms with van der Waals surface area (Å²) in [5, 5.41) is 3.06. The van der Waals surface area contributed by atoms with Crippen molar-refractivity contribution in [3.05, 3.63) is 120 Å². The Morgan fingerprint density at radius 3 is 2.13 bits per heavy atom. The van der Waals surface area contributed by atoms with Crippen LogP contribution in [0, 0.1) is 6.92 Å². The zero-order chi connectivity index (χ0) is 33.4. The van der Waals surface area contributed by atoms with Crippen LogP contribution in [-0.2, 0) is 32.6 Å². The maximum Gasteiger partial charge on any atom is 0.264 e. The number of ether oxygens (including phenoxy) is 2. The highest BCUT2D eigenvalue weighted by molar-refractivity contribution is 7.92. The molecule has 4 aromatic carbocycles. The third kappa shape index (κ3) is 8.31. The second-order valence-corrected chi connectivity index (χ2v) is 13.5. The van der Waals surface area contributed by atoms with Crippen molar-refractivity contribution in [2.75, 3.05) is 24.1 Å². The van der Waals surface area contributed by atoms with Crippen LogP contribution in [0.3, 0.4) is 0 Å². The lowest BCUT2D eigenvalue weighted by molar-refractivity contribution is -0.140. The molecule has 0 aromatic heterocycles. The lowest BCUT2D eigenvalue weighted by Crippen LogP contribution is -2.54. The van der Waals surface area contributed by atoms with Crippen molar-refractivity contribution < 1.29 is 27.5 Å². The Kier molecular flexibility index (Phi) is 10.8. The van der Waals surface area contributed by atoms with E-state index in [2.05, 4.69) is 5.32 Å². The van der Waals surface area contributed by atoms with Gasteiger partial charge < -0.3 is 19.7 Å². The molecule has 0 saturated carbocycles. The van der Waals surface area contributed by atoms with E-state index in [1.54, 1.807) is 36.4 Å². The van der Waals surface area contributed by atoms with Gasteiger partial charge in [-0.2, -0.15) is 0 Å². The fraction of sp³-hybridized carbons (Fsp3) is 0.297. The van der Waals surface area contributed by atoms with Crippen molar-refractivity contribution in [1.29, 1.82) is 0 Å². The monoisotopic (exact) mass is 655 g/mol. The molecular weight excluding hydrogens is 614 g/mol. The Hall–Kier alpha value is -4.83. The van der Waals surface area contributed by atoms with Crippen LogP contribution < -0.4 is 19.1 Å². The van der Waals surface area contributed by atoms with Crippen molar-refractivity contribution >= 4 is 27.5 Å². The van der Waals surface area contributed by atoms with Gasteiger partial charge in [-0.3, -0.25) is 13.9 Å². The summed E-state index contributed by atoms with van der Waals surface area (Å²) in [5.74, 6) is 0.0514. The molecule has 2 amide bonds. The van der Waals surface area contributed by atoms with E-state index in [-0.39, 0.29) is 35.5 Å². The first-order valence-corrected chi connectivity index (χ1v) is 17.3. The second kappa shape index (κ2) is 15.2. The summed E-state index contributed by atoms with van der Waals surface area (Å²) in [6.07, 6.45) is 0.957. The van der Waals surface area contributed by atoms with Crippen LogP contribution in [0.5, 0.6) is 11.5 Å². The van der Waals surface area contributed by atoms with Gasteiger partial charge in [-0.25, -0.2) is 8.42 Å². The van der Waals surface area contributed by atoms with Gasteiger partial charge in [-0.05, 0) is 55.7 Å². The number of anilines is 1. The molecule has 1 aliphatic heterocycles. The number of nitrogens with one attached hydrogen (secondary N) is 1. The lowest BCUT2D eigenvalue weighted by atomic mass is 10.0. The van der Waals surface area contributed by atoms with Crippen LogP contribution in [0.2, 0.25) is 0 Å². The van der Waals surface area contributed by atoms with E-state index in [1.165, 1.54) is 17.0 Å². The summed E-state index contributed by atoms with van der Waals surface area (Å²) >= 11 is 0. The highest BCUT2D eigenvalue weighted by Crippen LogP contribution is 2.36. The number of sulfonamides is 1. The molecule has 2 unspecified atom stereocenters. The fourth-order valence-corrected chi connectivity index (χ4v) is 6.75. The van der Waals surface area contributed by atoms with E-state index >= 15 is 0 Å². The molecule has 1 N–H and O–H groups in total. The number of rotatable bonds is 13. The molecular formula is C37H41N3O6S. The quantitative estimate of drug-likeness (QED) is 0.204. The number of hydrogen-bond donors (Lipinski definition) is 1. The van der Waals surface area contributed by atoms with E-state index < -0.39 is 28.5 Å². The summed E-state index contributed by atoms with van der Waals surface area (Å²) in [6.45, 7) is 6.12. The summed E-state index contributed by atoms with van der Waals surface area (Å²) in [7, 11) is -4.23. The second-order valence-electron chi connectivity index (χ2n) is 11.7. The van der Waals surface area contributed by atoms with Gasteiger partial charge in [-0.15, -0.1) is 0 Å². The minimum Gasteiger partial charge on any atom is -0.486 e. The Bertz CT molecular complexity index is 1770. The third-order valence-electron chi connectivity index (χ3n) is 8.17. The molecule has 0 fully saturated rings. The minimum absolute atomic E-state index is 0.0307. The normalized spacial score (nSPS) is 13.7. The van der Waals surface area contributed by atoms with Crippen molar-refractivity contribution in [3.8, 4) is 11.5 Å². The number of carbonyl (C=O) groups excluding carboxylic acids is 2. The van der Waals surface area contributed by atoms with Gasteiger partial charge in [0.05, 0.1) is 10.6 Å². The number of hydrogen-bond acceptors (Lipinski definition) is 6. The van der Waals surface area contributed by atoms with Crippen LogP contribution in [-0.4, -0.2) is 57.0 Å². The number of carbonyl (C=O) groups is 2. The van der Waals surface area contributed by atoms with Crippen molar-refractivity contribution in [2.45, 2.75) is 57.1 Å². The molecule has 9 nitrogen and oxygen atoms in total. The first-order chi connectivity index (χ1) is 22.7. The van der Waals surface area contributed by atoms with Crippen LogP contribution >= 0.6 is 0 Å². The van der Waals surface area contributed by atoms with E-state index in [0.717, 1.165) is 21.0 Å². The molecule has 0 spiro atoms. The van der Waals surface area contributed by atoms with Gasteiger partial charge in [0.1, 0.15) is 25.8 Å². The molecule has 1 aliphatic rings. The number of benzene rings is 4. The van der Waals surface area contributed by atoms with Crippen LogP contribution in [0.25, 0.3) is 0 Å². The smallest absolute Gasteiger partial charge is 0.264 e. The maximum atomic E-state index is 14.6. The largest absolute Gasteiger partial charge is 0.486 e. The van der Waals surface area contributed by atoms with Gasteiger partial charge in [0, 0.05) is 25.1 Å². The standard InChI is InChI=1S/C37H41N3O6S/c1-4-28(3)38-37(42)33(23-29-11-7-5-8-12-29)39(25-30-17-15-27(2)16-18-30)36(41)26-40(47(43,44)32-13-9-6-10-14-32)31-19-20-34-35(24-31)46-22-21-45-34/h5-20,24,28,33H,4,21-23,25-26H2,1-3H3,(H,38,42). The molecule has 0 radical (unpaired) electrons. The highest BCUT2D eigenvalue weighted by atomic mass is 32.2. The van der Waals surface area contributed by atoms with Gasteiger partial charge >= 0.3 is 0 Å². The average Bonchev–Trinajstić information content (AvgIpc) is 3.09. The molecule has 246 valence electrons. The molecule has 4 aromatic rings. The zero-order valence-electron chi connectivity index (χ0n) is 27.0. The maximum absolute atomic E-state index is 14.6. The van der Waals surface area contributed by atoms with Crippen molar-refractivity contribution in [1.82, 2.24) is 10.2 Å². The zero-order valence-corrected chi connectivity index (χ0v) is 27.8. The van der Waals surface area contributed by atoms with E-state index in [1.807, 2.05) is 75.4 Å². The van der Waals surface area contributed by atoms with E-state index in [4.69, 9.17) is 9.47 Å². The molecule has 0 saturated heterocycles. The van der Waals surface area contributed by atoms with Crippen LogP contribution in [0.15, 0.2) is 108 Å². The number of amides is 2. The van der Waals surface area contributed by atoms with Gasteiger partial charge in [0.15, 0.2) is 11.5 Å². The highest BCUT2D eigenvalue weighted by Gasteiger charge is 2.35. The first-order valence-electron chi connectivity index (χ1n) is 15.8. The average molecular weight is 656 g/mol. The first kappa shape index (κ1) is 33.5. The fourth-order valence-electron chi connectivity index (χ4n) is 5.32. The van der Waals surface area contributed by atoms with Crippen molar-refractivity contribution in [3.63, 3.8) is 0 Å². The summed E-state index contributed by atoms with van der Waals surface area (Å²) in [4.78, 5) is 30.1. The Labute approximate surface area is 277 Å². The predicted molar refractivity (Wildman–Crippen MR) is 182 cm³/mol. The lowest BCUT2D eigenvalue weighted by Gasteiger charge is -2.34. The number of fused-ring (bicyclic) bond motifs is 1. The van der Waals surface area contributed by atoms with Crippen molar-refractivity contribution in [2.24, 2.45) is 0 Å². The number of aryl methyl sites for hydroxylation is 1. The van der Waals surface area contributed by atoms with Gasteiger partial charge in [-0.1, -0.05) is 85.3 Å². The third-order valence-corrected chi connectivity index (χ3v) is 9.96. The number of nitrogens with zero attached hydrogens (tertiary/aromatic N) is 2. The SMILES string of the molecule is CCC(C)NC(=O)C(Cc1ccccc1)N(Cc1ccc(C)cc1)C(=O)CN(c1ccc2c(c1)OCCO2)S(=O)(=O)c1ccccc1. The molecule has 1 heterocycles. The summed E-state index contributed by atoms with van der Waals surface area (Å²) in [5.41, 5.74) is 2.99. The molecule has 0 aliphatic carbocycles.